The Bertz CT molecular complexity index is 659. The molecule has 0 spiro atoms. The zero-order valence-corrected chi connectivity index (χ0v) is 12.1. The minimum atomic E-state index is -4.39. The van der Waals surface area contributed by atoms with Gasteiger partial charge in [0, 0.05) is 6.07 Å². The highest BCUT2D eigenvalue weighted by Crippen LogP contribution is 2.33. The summed E-state index contributed by atoms with van der Waals surface area (Å²) >= 11 is 11.6. The summed E-state index contributed by atoms with van der Waals surface area (Å²) in [6, 6.07) is 7.71. The summed E-state index contributed by atoms with van der Waals surface area (Å²) in [5.74, 6) is 0.266. The van der Waals surface area contributed by atoms with Gasteiger partial charge in [0.1, 0.15) is 12.4 Å². The zero-order valence-electron chi connectivity index (χ0n) is 10.5. The molecule has 0 aliphatic carbocycles. The van der Waals surface area contributed by atoms with Crippen molar-refractivity contribution in [1.29, 1.82) is 0 Å². The highest BCUT2D eigenvalue weighted by atomic mass is 35.5. The van der Waals surface area contributed by atoms with E-state index >= 15 is 0 Å². The van der Waals surface area contributed by atoms with Gasteiger partial charge in [0.25, 0.3) is 0 Å². The summed E-state index contributed by atoms with van der Waals surface area (Å²) in [6.45, 7) is -0.0634. The number of halogens is 5. The van der Waals surface area contributed by atoms with Gasteiger partial charge in [-0.1, -0.05) is 35.3 Å². The van der Waals surface area contributed by atoms with Crippen molar-refractivity contribution in [2.45, 2.75) is 12.8 Å². The van der Waals surface area contributed by atoms with Gasteiger partial charge in [0.2, 0.25) is 0 Å². The fraction of sp³-hybridized carbons (Fsp3) is 0.143. The average Bonchev–Trinajstić information content (AvgIpc) is 2.41. The molecule has 0 radical (unpaired) electrons. The van der Waals surface area contributed by atoms with Gasteiger partial charge in [-0.3, -0.25) is 0 Å². The maximum Gasteiger partial charge on any atom is 0.416 e. The first-order chi connectivity index (χ1) is 9.77. The summed E-state index contributed by atoms with van der Waals surface area (Å²) < 4.78 is 43.2. The third-order valence-corrected chi connectivity index (χ3v) is 3.42. The second kappa shape index (κ2) is 6.03. The Hall–Kier alpha value is -1.59. The molecule has 2 rings (SSSR count). The number of hydrogen-bond donors (Lipinski definition) is 1. The molecular weight excluding hydrogens is 326 g/mol. The SMILES string of the molecule is Nc1cc(Cl)c(Cl)cc1OCc1cccc(C(F)(F)F)c1. The number of nitrogens with two attached hydrogens (primary N) is 1. The van der Waals surface area contributed by atoms with Crippen molar-refractivity contribution in [2.24, 2.45) is 0 Å². The van der Waals surface area contributed by atoms with Gasteiger partial charge < -0.3 is 10.5 Å². The first-order valence-electron chi connectivity index (χ1n) is 5.81. The predicted octanol–water partition coefficient (Wildman–Crippen LogP) is 5.17. The van der Waals surface area contributed by atoms with Crippen LogP contribution in [-0.4, -0.2) is 0 Å². The Morgan fingerprint density at radius 2 is 1.71 bits per heavy atom. The summed E-state index contributed by atoms with van der Waals surface area (Å²) in [5, 5.41) is 0.533. The molecule has 0 atom stereocenters. The van der Waals surface area contributed by atoms with Gasteiger partial charge >= 0.3 is 6.18 Å². The first-order valence-corrected chi connectivity index (χ1v) is 6.56. The molecule has 0 amide bonds. The lowest BCUT2D eigenvalue weighted by Gasteiger charge is -2.12. The van der Waals surface area contributed by atoms with Crippen LogP contribution in [0.1, 0.15) is 11.1 Å². The molecule has 2 aromatic rings. The Morgan fingerprint density at radius 1 is 1.05 bits per heavy atom. The Morgan fingerprint density at radius 3 is 2.38 bits per heavy atom. The maximum atomic E-state index is 12.6. The lowest BCUT2D eigenvalue weighted by Crippen LogP contribution is -2.06. The van der Waals surface area contributed by atoms with E-state index in [1.807, 2.05) is 0 Å². The minimum absolute atomic E-state index is 0.0634. The van der Waals surface area contributed by atoms with E-state index in [1.165, 1.54) is 24.3 Å². The standard InChI is InChI=1S/C14H10Cl2F3NO/c15-10-5-12(20)13(6-11(10)16)21-7-8-2-1-3-9(4-8)14(17,18)19/h1-6H,7,20H2. The molecule has 7 heteroatoms. The van der Waals surface area contributed by atoms with Gasteiger partial charge in [-0.25, -0.2) is 0 Å². The molecule has 0 heterocycles. The summed E-state index contributed by atoms with van der Waals surface area (Å²) in [7, 11) is 0. The summed E-state index contributed by atoms with van der Waals surface area (Å²) in [5.41, 5.74) is 5.61. The Kier molecular flexibility index (Phi) is 4.54. The van der Waals surface area contributed by atoms with E-state index in [1.54, 1.807) is 0 Å². The average molecular weight is 336 g/mol. The highest BCUT2D eigenvalue weighted by Gasteiger charge is 2.30. The predicted molar refractivity (Wildman–Crippen MR) is 76.7 cm³/mol. The lowest BCUT2D eigenvalue weighted by atomic mass is 10.1. The van der Waals surface area contributed by atoms with Crippen molar-refractivity contribution in [1.82, 2.24) is 0 Å². The third-order valence-electron chi connectivity index (χ3n) is 2.70. The number of hydrogen-bond acceptors (Lipinski definition) is 2. The normalized spacial score (nSPS) is 11.5. The molecule has 0 unspecified atom stereocenters. The van der Waals surface area contributed by atoms with Crippen LogP contribution in [0.5, 0.6) is 5.75 Å². The van der Waals surface area contributed by atoms with Crippen LogP contribution in [0.25, 0.3) is 0 Å². The fourth-order valence-electron chi connectivity index (χ4n) is 1.67. The van der Waals surface area contributed by atoms with E-state index in [-0.39, 0.29) is 28.1 Å². The topological polar surface area (TPSA) is 35.2 Å². The highest BCUT2D eigenvalue weighted by molar-refractivity contribution is 6.42. The van der Waals surface area contributed by atoms with Crippen molar-refractivity contribution in [2.75, 3.05) is 5.73 Å². The first kappa shape index (κ1) is 15.8. The number of anilines is 1. The van der Waals surface area contributed by atoms with Crippen molar-refractivity contribution in [3.63, 3.8) is 0 Å². The molecule has 0 saturated carbocycles. The monoisotopic (exact) mass is 335 g/mol. The molecule has 2 N–H and O–H groups in total. The van der Waals surface area contributed by atoms with Crippen LogP contribution in [0, 0.1) is 0 Å². The summed E-state index contributed by atoms with van der Waals surface area (Å²) in [6.07, 6.45) is -4.39. The molecule has 0 aliphatic heterocycles. The van der Waals surface area contributed by atoms with Crippen molar-refractivity contribution < 1.29 is 17.9 Å². The number of ether oxygens (including phenoxy) is 1. The molecule has 0 fully saturated rings. The van der Waals surface area contributed by atoms with Crippen LogP contribution >= 0.6 is 23.2 Å². The van der Waals surface area contributed by atoms with Crippen LogP contribution in [-0.2, 0) is 12.8 Å². The molecule has 0 aliphatic rings. The maximum absolute atomic E-state index is 12.6. The van der Waals surface area contributed by atoms with E-state index in [2.05, 4.69) is 0 Å². The zero-order chi connectivity index (χ0) is 15.6. The van der Waals surface area contributed by atoms with Crippen LogP contribution in [0.2, 0.25) is 10.0 Å². The van der Waals surface area contributed by atoms with Crippen molar-refractivity contribution in [3.8, 4) is 5.75 Å². The van der Waals surface area contributed by atoms with E-state index in [9.17, 15) is 13.2 Å². The Balaban J connectivity index is 2.15. The molecule has 2 aromatic carbocycles. The van der Waals surface area contributed by atoms with Gasteiger partial charge in [-0.15, -0.1) is 0 Å². The van der Waals surface area contributed by atoms with Gasteiger partial charge in [0.05, 0.1) is 21.3 Å². The van der Waals surface area contributed by atoms with Crippen LogP contribution in [0.4, 0.5) is 18.9 Å². The molecule has 21 heavy (non-hydrogen) atoms. The molecule has 0 bridgehead atoms. The number of alkyl halides is 3. The molecule has 112 valence electrons. The van der Waals surface area contributed by atoms with Crippen LogP contribution < -0.4 is 10.5 Å². The van der Waals surface area contributed by atoms with E-state index in [4.69, 9.17) is 33.7 Å². The van der Waals surface area contributed by atoms with E-state index in [0.29, 0.717) is 5.56 Å². The second-order valence-electron chi connectivity index (χ2n) is 4.29. The Labute approximate surface area is 129 Å². The quantitative estimate of drug-likeness (QED) is 0.785. The lowest BCUT2D eigenvalue weighted by molar-refractivity contribution is -0.137. The number of rotatable bonds is 3. The molecular formula is C14H10Cl2F3NO. The molecule has 0 saturated heterocycles. The molecule has 0 aromatic heterocycles. The van der Waals surface area contributed by atoms with Crippen molar-refractivity contribution in [3.05, 3.63) is 57.6 Å². The van der Waals surface area contributed by atoms with Gasteiger partial charge in [-0.05, 0) is 23.8 Å². The largest absolute Gasteiger partial charge is 0.487 e. The summed E-state index contributed by atoms with van der Waals surface area (Å²) in [4.78, 5) is 0. The van der Waals surface area contributed by atoms with E-state index in [0.717, 1.165) is 12.1 Å². The molecule has 2 nitrogen and oxygen atoms in total. The second-order valence-corrected chi connectivity index (χ2v) is 5.11. The van der Waals surface area contributed by atoms with Crippen molar-refractivity contribution >= 4 is 28.9 Å². The van der Waals surface area contributed by atoms with Gasteiger partial charge in [-0.2, -0.15) is 13.2 Å². The van der Waals surface area contributed by atoms with Gasteiger partial charge in [0.15, 0.2) is 0 Å². The smallest absolute Gasteiger partial charge is 0.416 e. The van der Waals surface area contributed by atoms with Crippen LogP contribution in [0.15, 0.2) is 36.4 Å². The fourth-order valence-corrected chi connectivity index (χ4v) is 1.99. The van der Waals surface area contributed by atoms with Crippen LogP contribution in [0.3, 0.4) is 0 Å². The third kappa shape index (κ3) is 3.95. The number of benzene rings is 2. The number of nitrogen functional groups attached to an aromatic ring is 1. The minimum Gasteiger partial charge on any atom is -0.487 e. The van der Waals surface area contributed by atoms with E-state index < -0.39 is 11.7 Å².